The second-order valence-corrected chi connectivity index (χ2v) is 8.85. The molecule has 0 aliphatic carbocycles. The molecule has 1 unspecified atom stereocenters. The number of piperazine rings is 1. The summed E-state index contributed by atoms with van der Waals surface area (Å²) in [5.41, 5.74) is 1.88. The molecule has 10 nitrogen and oxygen atoms in total. The maximum Gasteiger partial charge on any atom is 0.264 e. The van der Waals surface area contributed by atoms with Gasteiger partial charge in [-0.3, -0.25) is 39.1 Å². The van der Waals surface area contributed by atoms with Crippen molar-refractivity contribution in [1.29, 1.82) is 0 Å². The van der Waals surface area contributed by atoms with E-state index >= 15 is 0 Å². The number of carbonyl (C=O) groups excluding carboxylic acids is 5. The lowest BCUT2D eigenvalue weighted by molar-refractivity contribution is -0.136. The van der Waals surface area contributed by atoms with Crippen LogP contribution in [0.3, 0.4) is 0 Å². The standard InChI is InChI=1S/C25H25N5O5/c31-20-9-8-19(23(33)28-20)30-24(34)17-2-1-3-18(21(17)25(30)35)27-22(32)16-6-4-15(5-7-16)14-29-12-10-26-11-13-29/h1-7,19,26H,8-14H2,(H,27,32)(H,28,31,33). The highest BCUT2D eigenvalue weighted by atomic mass is 16.2. The fraction of sp³-hybridized carbons (Fsp3) is 0.320. The van der Waals surface area contributed by atoms with Crippen molar-refractivity contribution in [3.63, 3.8) is 0 Å². The van der Waals surface area contributed by atoms with Gasteiger partial charge in [0.2, 0.25) is 11.8 Å². The van der Waals surface area contributed by atoms with Crippen molar-refractivity contribution in [2.24, 2.45) is 0 Å². The Labute approximate surface area is 201 Å². The molecule has 3 N–H and O–H groups in total. The monoisotopic (exact) mass is 475 g/mol. The molecule has 2 saturated heterocycles. The molecule has 3 aliphatic rings. The van der Waals surface area contributed by atoms with Crippen LogP contribution in [-0.2, 0) is 16.1 Å². The van der Waals surface area contributed by atoms with Gasteiger partial charge in [0.05, 0.1) is 16.8 Å². The molecule has 2 fully saturated rings. The molecule has 0 radical (unpaired) electrons. The van der Waals surface area contributed by atoms with E-state index < -0.39 is 35.6 Å². The maximum atomic E-state index is 13.2. The van der Waals surface area contributed by atoms with Crippen molar-refractivity contribution in [3.05, 3.63) is 64.7 Å². The van der Waals surface area contributed by atoms with Crippen LogP contribution in [0.15, 0.2) is 42.5 Å². The lowest BCUT2D eigenvalue weighted by Crippen LogP contribution is -2.54. The molecule has 2 aromatic rings. The minimum atomic E-state index is -1.06. The van der Waals surface area contributed by atoms with E-state index in [4.69, 9.17) is 0 Å². The van der Waals surface area contributed by atoms with Crippen LogP contribution in [0.2, 0.25) is 0 Å². The van der Waals surface area contributed by atoms with Crippen molar-refractivity contribution >= 4 is 35.2 Å². The Morgan fingerprint density at radius 3 is 2.43 bits per heavy atom. The van der Waals surface area contributed by atoms with E-state index in [2.05, 4.69) is 20.9 Å². The fourth-order valence-corrected chi connectivity index (χ4v) is 4.70. The molecule has 35 heavy (non-hydrogen) atoms. The van der Waals surface area contributed by atoms with Crippen LogP contribution >= 0.6 is 0 Å². The Kier molecular flexibility index (Phi) is 6.14. The summed E-state index contributed by atoms with van der Waals surface area (Å²) in [5.74, 6) is -2.81. The van der Waals surface area contributed by atoms with Gasteiger partial charge in [-0.1, -0.05) is 18.2 Å². The van der Waals surface area contributed by atoms with Gasteiger partial charge in [0.15, 0.2) is 0 Å². The molecule has 3 aliphatic heterocycles. The van der Waals surface area contributed by atoms with Gasteiger partial charge >= 0.3 is 0 Å². The first kappa shape index (κ1) is 22.9. The topological polar surface area (TPSA) is 128 Å². The SMILES string of the molecule is O=C1CCC(N2C(=O)c3cccc(NC(=O)c4ccc(CN5CCNCC5)cc4)c3C2=O)C(=O)N1. The number of anilines is 1. The molecule has 1 atom stereocenters. The Bertz CT molecular complexity index is 1220. The number of nitrogens with zero attached hydrogens (tertiary/aromatic N) is 2. The summed E-state index contributed by atoms with van der Waals surface area (Å²) < 4.78 is 0. The van der Waals surface area contributed by atoms with Crippen molar-refractivity contribution in [2.45, 2.75) is 25.4 Å². The lowest BCUT2D eigenvalue weighted by atomic mass is 10.0. The van der Waals surface area contributed by atoms with E-state index in [1.807, 2.05) is 12.1 Å². The number of rotatable bonds is 5. The highest BCUT2D eigenvalue weighted by molar-refractivity contribution is 6.26. The zero-order valence-electron chi connectivity index (χ0n) is 19.0. The molecule has 0 saturated carbocycles. The van der Waals surface area contributed by atoms with Gasteiger partial charge in [-0.2, -0.15) is 0 Å². The average molecular weight is 476 g/mol. The third-order valence-electron chi connectivity index (χ3n) is 6.55. The lowest BCUT2D eigenvalue weighted by Gasteiger charge is -2.27. The largest absolute Gasteiger partial charge is 0.321 e. The number of fused-ring (bicyclic) bond motifs is 1. The molecule has 0 spiro atoms. The van der Waals surface area contributed by atoms with Crippen LogP contribution in [0, 0.1) is 0 Å². The van der Waals surface area contributed by atoms with Crippen molar-refractivity contribution < 1.29 is 24.0 Å². The van der Waals surface area contributed by atoms with Crippen LogP contribution in [0.1, 0.15) is 49.5 Å². The number of nitrogens with one attached hydrogen (secondary N) is 3. The highest BCUT2D eigenvalue weighted by Crippen LogP contribution is 2.32. The van der Waals surface area contributed by atoms with Crippen molar-refractivity contribution in [3.8, 4) is 0 Å². The Hall–Kier alpha value is -3.89. The first-order valence-electron chi connectivity index (χ1n) is 11.6. The van der Waals surface area contributed by atoms with Crippen LogP contribution in [-0.4, -0.2) is 71.6 Å². The summed E-state index contributed by atoms with van der Waals surface area (Å²) >= 11 is 0. The first-order chi connectivity index (χ1) is 16.9. The molecule has 180 valence electrons. The summed E-state index contributed by atoms with van der Waals surface area (Å²) in [6.45, 7) is 4.69. The van der Waals surface area contributed by atoms with Crippen molar-refractivity contribution in [2.75, 3.05) is 31.5 Å². The number of benzene rings is 2. The second-order valence-electron chi connectivity index (χ2n) is 8.85. The molecule has 5 rings (SSSR count). The van der Waals surface area contributed by atoms with Gasteiger partial charge in [0.25, 0.3) is 17.7 Å². The second kappa shape index (κ2) is 9.40. The molecule has 0 bridgehead atoms. The van der Waals surface area contributed by atoms with Gasteiger partial charge in [-0.05, 0) is 36.2 Å². The van der Waals surface area contributed by atoms with E-state index in [1.54, 1.807) is 24.3 Å². The zero-order chi connectivity index (χ0) is 24.5. The smallest absolute Gasteiger partial charge is 0.264 e. The Balaban J connectivity index is 1.32. The fourth-order valence-electron chi connectivity index (χ4n) is 4.70. The summed E-state index contributed by atoms with van der Waals surface area (Å²) in [7, 11) is 0. The van der Waals surface area contributed by atoms with E-state index in [0.29, 0.717) is 5.56 Å². The summed E-state index contributed by atoms with van der Waals surface area (Å²) in [6.07, 6.45) is 0.107. The van der Waals surface area contributed by atoms with Crippen LogP contribution in [0.25, 0.3) is 0 Å². The molecular weight excluding hydrogens is 450 g/mol. The summed E-state index contributed by atoms with van der Waals surface area (Å²) in [4.78, 5) is 66.1. The number of hydrogen-bond donors (Lipinski definition) is 3. The third-order valence-corrected chi connectivity index (χ3v) is 6.55. The van der Waals surface area contributed by atoms with Gasteiger partial charge in [0, 0.05) is 44.7 Å². The van der Waals surface area contributed by atoms with Crippen molar-refractivity contribution in [1.82, 2.24) is 20.4 Å². The molecule has 5 amide bonds. The van der Waals surface area contributed by atoms with Gasteiger partial charge in [-0.15, -0.1) is 0 Å². The Morgan fingerprint density at radius 2 is 1.71 bits per heavy atom. The van der Waals surface area contributed by atoms with Gasteiger partial charge in [-0.25, -0.2) is 0 Å². The van der Waals surface area contributed by atoms with Crippen LogP contribution in [0.5, 0.6) is 0 Å². The maximum absolute atomic E-state index is 13.2. The average Bonchev–Trinajstić information content (AvgIpc) is 3.11. The minimum Gasteiger partial charge on any atom is -0.321 e. The van der Waals surface area contributed by atoms with E-state index in [0.717, 1.165) is 43.2 Å². The van der Waals surface area contributed by atoms with E-state index in [1.165, 1.54) is 6.07 Å². The highest BCUT2D eigenvalue weighted by Gasteiger charge is 2.45. The quantitative estimate of drug-likeness (QED) is 0.545. The number of carbonyl (C=O) groups is 5. The molecule has 10 heteroatoms. The van der Waals surface area contributed by atoms with E-state index in [-0.39, 0.29) is 29.7 Å². The van der Waals surface area contributed by atoms with Crippen LogP contribution < -0.4 is 16.0 Å². The Morgan fingerprint density at radius 1 is 0.971 bits per heavy atom. The van der Waals surface area contributed by atoms with Gasteiger partial charge < -0.3 is 10.6 Å². The van der Waals surface area contributed by atoms with E-state index in [9.17, 15) is 24.0 Å². The number of hydrogen-bond acceptors (Lipinski definition) is 7. The molecule has 0 aromatic heterocycles. The predicted octanol–water partition coefficient (Wildman–Crippen LogP) is 0.745. The first-order valence-corrected chi connectivity index (χ1v) is 11.6. The number of piperidine rings is 1. The normalized spacial score (nSPS) is 20.6. The minimum absolute atomic E-state index is 0.0397. The van der Waals surface area contributed by atoms with Gasteiger partial charge in [0.1, 0.15) is 6.04 Å². The molecule has 2 aromatic carbocycles. The molecular formula is C25H25N5O5. The number of amides is 5. The third kappa shape index (κ3) is 4.45. The van der Waals surface area contributed by atoms with Crippen LogP contribution in [0.4, 0.5) is 5.69 Å². The summed E-state index contributed by atoms with van der Waals surface area (Å²) in [6, 6.07) is 10.8. The predicted molar refractivity (Wildman–Crippen MR) is 126 cm³/mol. The molecule has 3 heterocycles. The summed E-state index contributed by atoms with van der Waals surface area (Å²) in [5, 5.41) is 8.23. The number of imide groups is 2. The zero-order valence-corrected chi connectivity index (χ0v) is 19.0.